The Balaban J connectivity index is 3.01. The number of hydrogen-bond acceptors (Lipinski definition) is 1. The second kappa shape index (κ2) is 6.54. The van der Waals surface area contributed by atoms with Crippen molar-refractivity contribution in [3.05, 3.63) is 0 Å². The first-order valence-electron chi connectivity index (χ1n) is 6.94. The van der Waals surface area contributed by atoms with E-state index in [2.05, 4.69) is 5.32 Å². The summed E-state index contributed by atoms with van der Waals surface area (Å²) in [4.78, 5) is 0. The highest BCUT2D eigenvalue weighted by Crippen LogP contribution is 2.45. The number of halogens is 6. The maximum Gasteiger partial charge on any atom is 0.402 e. The average Bonchev–Trinajstić information content (AvgIpc) is 2.24. The van der Waals surface area contributed by atoms with Crippen LogP contribution in [-0.2, 0) is 0 Å². The van der Waals surface area contributed by atoms with Gasteiger partial charge in [0.05, 0.1) is 0 Å². The Kier molecular flexibility index (Phi) is 5.75. The Morgan fingerprint density at radius 3 is 2.00 bits per heavy atom. The van der Waals surface area contributed by atoms with Crippen molar-refractivity contribution in [3.8, 4) is 0 Å². The van der Waals surface area contributed by atoms with Crippen molar-refractivity contribution in [2.45, 2.75) is 57.9 Å². The maximum atomic E-state index is 12.9. The van der Waals surface area contributed by atoms with E-state index in [4.69, 9.17) is 0 Å². The summed E-state index contributed by atoms with van der Waals surface area (Å²) >= 11 is 0. The average molecular weight is 305 g/mol. The molecular formula is C13H21F6N. The van der Waals surface area contributed by atoms with Crippen LogP contribution in [0.2, 0.25) is 0 Å². The maximum absolute atomic E-state index is 12.9. The monoisotopic (exact) mass is 305 g/mol. The molecule has 0 spiro atoms. The van der Waals surface area contributed by atoms with Gasteiger partial charge in [0, 0.05) is 6.04 Å². The third kappa shape index (κ3) is 4.53. The number of hydrogen-bond donors (Lipinski definition) is 1. The molecule has 7 heteroatoms. The van der Waals surface area contributed by atoms with Crippen LogP contribution in [0.1, 0.15) is 39.5 Å². The lowest BCUT2D eigenvalue weighted by molar-refractivity contribution is -0.295. The van der Waals surface area contributed by atoms with E-state index >= 15 is 0 Å². The van der Waals surface area contributed by atoms with Crippen LogP contribution in [0.25, 0.3) is 0 Å². The molecule has 1 nitrogen and oxygen atoms in total. The molecule has 0 bridgehead atoms. The summed E-state index contributed by atoms with van der Waals surface area (Å²) in [5.41, 5.74) is 0. The predicted molar refractivity (Wildman–Crippen MR) is 64.2 cm³/mol. The molecule has 1 fully saturated rings. The Labute approximate surface area is 115 Å². The van der Waals surface area contributed by atoms with Crippen molar-refractivity contribution >= 4 is 0 Å². The van der Waals surface area contributed by atoms with E-state index in [9.17, 15) is 26.3 Å². The molecule has 1 saturated carbocycles. The summed E-state index contributed by atoms with van der Waals surface area (Å²) in [5, 5.41) is 2.45. The lowest BCUT2D eigenvalue weighted by Crippen LogP contribution is -2.54. The van der Waals surface area contributed by atoms with Crippen LogP contribution in [0.15, 0.2) is 0 Å². The molecule has 0 heterocycles. The molecule has 0 aromatic heterocycles. The summed E-state index contributed by atoms with van der Waals surface area (Å²) in [5.74, 6) is -3.69. The van der Waals surface area contributed by atoms with Gasteiger partial charge in [0.15, 0.2) is 5.92 Å². The summed E-state index contributed by atoms with van der Waals surface area (Å²) < 4.78 is 77.3. The number of rotatable bonds is 4. The van der Waals surface area contributed by atoms with E-state index < -0.39 is 30.2 Å². The Morgan fingerprint density at radius 1 is 1.05 bits per heavy atom. The first-order valence-corrected chi connectivity index (χ1v) is 6.94. The van der Waals surface area contributed by atoms with Gasteiger partial charge in [-0.05, 0) is 31.2 Å². The summed E-state index contributed by atoms with van der Waals surface area (Å²) in [6, 6.07) is -1.58. The van der Waals surface area contributed by atoms with Crippen LogP contribution >= 0.6 is 0 Å². The first kappa shape index (κ1) is 17.6. The van der Waals surface area contributed by atoms with E-state index in [-0.39, 0.29) is 12.5 Å². The van der Waals surface area contributed by atoms with Gasteiger partial charge in [0.2, 0.25) is 0 Å². The van der Waals surface area contributed by atoms with Gasteiger partial charge in [0.25, 0.3) is 0 Å². The second-order valence-electron chi connectivity index (χ2n) is 5.68. The topological polar surface area (TPSA) is 12.0 Å². The van der Waals surface area contributed by atoms with E-state index in [1.807, 2.05) is 6.92 Å². The van der Waals surface area contributed by atoms with Gasteiger partial charge < -0.3 is 5.32 Å². The Hall–Kier alpha value is -0.460. The highest BCUT2D eigenvalue weighted by Gasteiger charge is 2.61. The minimum atomic E-state index is -5.27. The predicted octanol–water partition coefficient (Wildman–Crippen LogP) is 4.53. The van der Waals surface area contributed by atoms with Crippen molar-refractivity contribution in [1.29, 1.82) is 0 Å². The third-order valence-electron chi connectivity index (χ3n) is 3.99. The Bertz CT molecular complexity index is 284. The summed E-state index contributed by atoms with van der Waals surface area (Å²) in [6.45, 7) is 3.51. The highest BCUT2D eigenvalue weighted by molar-refractivity contribution is 4.92. The lowest BCUT2D eigenvalue weighted by atomic mass is 9.74. The van der Waals surface area contributed by atoms with Crippen LogP contribution in [-0.4, -0.2) is 24.9 Å². The van der Waals surface area contributed by atoms with E-state index in [1.54, 1.807) is 0 Å². The fourth-order valence-electron chi connectivity index (χ4n) is 3.19. The zero-order valence-corrected chi connectivity index (χ0v) is 11.6. The molecule has 0 radical (unpaired) electrons. The molecule has 0 aromatic rings. The molecule has 1 aliphatic rings. The molecule has 1 aliphatic carbocycles. The molecule has 0 amide bonds. The highest BCUT2D eigenvalue weighted by atomic mass is 19.4. The van der Waals surface area contributed by atoms with Gasteiger partial charge in [-0.15, -0.1) is 0 Å². The standard InChI is InChI=1S/C13H21F6N/c1-3-20-10(9-6-4-5-8(2)7-9)11(12(14,15)16)13(17,18)19/h8-11,20H,3-7H2,1-2H3. The fraction of sp³-hybridized carbons (Fsp3) is 1.00. The van der Waals surface area contributed by atoms with Crippen LogP contribution in [0, 0.1) is 17.8 Å². The van der Waals surface area contributed by atoms with Gasteiger partial charge in [-0.2, -0.15) is 26.3 Å². The molecule has 1 N–H and O–H groups in total. The molecular weight excluding hydrogens is 284 g/mol. The normalized spacial score (nSPS) is 26.9. The van der Waals surface area contributed by atoms with E-state index in [1.165, 1.54) is 6.92 Å². The molecule has 1 rings (SSSR count). The molecule has 20 heavy (non-hydrogen) atoms. The zero-order chi connectivity index (χ0) is 15.6. The van der Waals surface area contributed by atoms with Crippen molar-refractivity contribution in [2.75, 3.05) is 6.54 Å². The molecule has 120 valence electrons. The fourth-order valence-corrected chi connectivity index (χ4v) is 3.19. The smallest absolute Gasteiger partial charge is 0.313 e. The van der Waals surface area contributed by atoms with Crippen molar-refractivity contribution in [2.24, 2.45) is 17.8 Å². The summed E-state index contributed by atoms with van der Waals surface area (Å²) in [6.07, 6.45) is -8.14. The van der Waals surface area contributed by atoms with Crippen LogP contribution in [0.4, 0.5) is 26.3 Å². The third-order valence-corrected chi connectivity index (χ3v) is 3.99. The van der Waals surface area contributed by atoms with E-state index in [0.29, 0.717) is 19.3 Å². The lowest BCUT2D eigenvalue weighted by Gasteiger charge is -2.39. The molecule has 0 aromatic carbocycles. The van der Waals surface area contributed by atoms with Gasteiger partial charge in [-0.1, -0.05) is 26.7 Å². The van der Waals surface area contributed by atoms with Crippen molar-refractivity contribution in [3.63, 3.8) is 0 Å². The van der Waals surface area contributed by atoms with Gasteiger partial charge >= 0.3 is 12.4 Å². The van der Waals surface area contributed by atoms with Gasteiger partial charge in [-0.25, -0.2) is 0 Å². The summed E-state index contributed by atoms with van der Waals surface area (Å²) in [7, 11) is 0. The van der Waals surface area contributed by atoms with Crippen molar-refractivity contribution < 1.29 is 26.3 Å². The van der Waals surface area contributed by atoms with E-state index in [0.717, 1.165) is 6.42 Å². The minimum absolute atomic E-state index is 0.0954. The van der Waals surface area contributed by atoms with Crippen LogP contribution in [0.3, 0.4) is 0 Å². The molecule has 0 aliphatic heterocycles. The van der Waals surface area contributed by atoms with Gasteiger partial charge in [0.1, 0.15) is 0 Å². The molecule has 0 saturated heterocycles. The number of nitrogens with one attached hydrogen (secondary N) is 1. The van der Waals surface area contributed by atoms with Gasteiger partial charge in [-0.3, -0.25) is 0 Å². The van der Waals surface area contributed by atoms with Crippen LogP contribution < -0.4 is 5.32 Å². The second-order valence-corrected chi connectivity index (χ2v) is 5.68. The first-order chi connectivity index (χ1) is 9.07. The number of alkyl halides is 6. The Morgan fingerprint density at radius 2 is 1.60 bits per heavy atom. The zero-order valence-electron chi connectivity index (χ0n) is 11.6. The SMILES string of the molecule is CCNC(C1CCCC(C)C1)C(C(F)(F)F)C(F)(F)F. The quantitative estimate of drug-likeness (QED) is 0.752. The van der Waals surface area contributed by atoms with Crippen molar-refractivity contribution in [1.82, 2.24) is 5.32 Å². The largest absolute Gasteiger partial charge is 0.402 e. The van der Waals surface area contributed by atoms with Crippen LogP contribution in [0.5, 0.6) is 0 Å². The molecule has 3 unspecified atom stereocenters. The minimum Gasteiger partial charge on any atom is -0.313 e. The molecule has 3 atom stereocenters.